The number of benzene rings is 2. The summed E-state index contributed by atoms with van der Waals surface area (Å²) in [4.78, 5) is 29.3. The second kappa shape index (κ2) is 9.67. The van der Waals surface area contributed by atoms with Crippen LogP contribution in [-0.4, -0.2) is 31.3 Å². The highest BCUT2D eigenvalue weighted by Crippen LogP contribution is 2.18. The van der Waals surface area contributed by atoms with Gasteiger partial charge in [-0.15, -0.1) is 0 Å². The highest BCUT2D eigenvalue weighted by Gasteiger charge is 2.22. The van der Waals surface area contributed by atoms with Gasteiger partial charge in [0.2, 0.25) is 5.91 Å². The predicted molar refractivity (Wildman–Crippen MR) is 114 cm³/mol. The third-order valence-corrected chi connectivity index (χ3v) is 5.66. The van der Waals surface area contributed by atoms with Crippen molar-refractivity contribution in [2.75, 3.05) is 5.32 Å². The van der Waals surface area contributed by atoms with Gasteiger partial charge in [-0.05, 0) is 60.2 Å². The molecule has 0 aliphatic carbocycles. The molecule has 1 atom stereocenters. The summed E-state index contributed by atoms with van der Waals surface area (Å²) in [6.45, 7) is 0. The van der Waals surface area contributed by atoms with E-state index in [0.717, 1.165) is 12.1 Å². The monoisotopic (exact) mass is 461 g/mol. The molecule has 0 fully saturated rings. The van der Waals surface area contributed by atoms with Crippen molar-refractivity contribution >= 4 is 37.2 Å². The lowest BCUT2D eigenvalue weighted by Gasteiger charge is -2.19. The van der Waals surface area contributed by atoms with Crippen molar-refractivity contribution in [1.82, 2.24) is 10.3 Å². The van der Waals surface area contributed by atoms with Crippen LogP contribution in [0.3, 0.4) is 0 Å². The van der Waals surface area contributed by atoms with Gasteiger partial charge in [-0.25, -0.2) is 12.8 Å². The molecule has 1 aromatic heterocycles. The van der Waals surface area contributed by atoms with E-state index in [4.69, 9.17) is 10.7 Å². The van der Waals surface area contributed by atoms with E-state index < -0.39 is 32.7 Å². The second-order valence-corrected chi connectivity index (χ2v) is 9.12. The molecule has 0 aliphatic heterocycles. The second-order valence-electron chi connectivity index (χ2n) is 6.55. The summed E-state index contributed by atoms with van der Waals surface area (Å²) >= 11 is 0. The van der Waals surface area contributed by atoms with Gasteiger partial charge in [0.05, 0.1) is 4.90 Å². The lowest BCUT2D eigenvalue weighted by atomic mass is 10.1. The largest absolute Gasteiger partial charge is 0.340 e. The minimum Gasteiger partial charge on any atom is -0.340 e. The van der Waals surface area contributed by atoms with Crippen LogP contribution in [0, 0.1) is 5.82 Å². The zero-order valence-electron chi connectivity index (χ0n) is 16.0. The Morgan fingerprint density at radius 1 is 1.03 bits per heavy atom. The van der Waals surface area contributed by atoms with Crippen molar-refractivity contribution in [3.05, 3.63) is 90.0 Å². The summed E-state index contributed by atoms with van der Waals surface area (Å²) in [5.41, 5.74) is 1.23. The van der Waals surface area contributed by atoms with Gasteiger partial charge in [0.1, 0.15) is 11.9 Å². The Morgan fingerprint density at radius 2 is 1.71 bits per heavy atom. The lowest BCUT2D eigenvalue weighted by Crippen LogP contribution is -2.45. The number of rotatable bonds is 7. The zero-order chi connectivity index (χ0) is 22.4. The van der Waals surface area contributed by atoms with E-state index in [1.807, 2.05) is 0 Å². The minimum atomic E-state index is -3.89. The van der Waals surface area contributed by atoms with Crippen LogP contribution in [0.5, 0.6) is 0 Å². The van der Waals surface area contributed by atoms with Gasteiger partial charge in [0.25, 0.3) is 15.0 Å². The van der Waals surface area contributed by atoms with Gasteiger partial charge in [0.15, 0.2) is 0 Å². The Hall–Kier alpha value is -3.30. The number of amides is 2. The summed E-state index contributed by atoms with van der Waals surface area (Å²) < 4.78 is 35.8. The summed E-state index contributed by atoms with van der Waals surface area (Å²) in [6, 6.07) is 12.7. The van der Waals surface area contributed by atoms with Crippen LogP contribution < -0.4 is 10.6 Å². The highest BCUT2D eigenvalue weighted by molar-refractivity contribution is 8.13. The average Bonchev–Trinajstić information content (AvgIpc) is 2.74. The van der Waals surface area contributed by atoms with Crippen LogP contribution in [0.4, 0.5) is 10.1 Å². The Balaban J connectivity index is 1.78. The van der Waals surface area contributed by atoms with Crippen LogP contribution >= 0.6 is 10.7 Å². The fourth-order valence-electron chi connectivity index (χ4n) is 2.74. The molecule has 160 valence electrons. The molecule has 7 nitrogen and oxygen atoms in total. The number of halogens is 2. The van der Waals surface area contributed by atoms with Gasteiger partial charge in [-0.1, -0.05) is 6.07 Å². The van der Waals surface area contributed by atoms with Gasteiger partial charge in [-0.2, -0.15) is 0 Å². The Morgan fingerprint density at radius 3 is 2.29 bits per heavy atom. The Kier molecular flexibility index (Phi) is 6.98. The van der Waals surface area contributed by atoms with Gasteiger partial charge < -0.3 is 10.6 Å². The van der Waals surface area contributed by atoms with Crippen molar-refractivity contribution in [1.29, 1.82) is 0 Å². The van der Waals surface area contributed by atoms with E-state index in [1.54, 1.807) is 24.5 Å². The molecule has 0 radical (unpaired) electrons. The number of carbonyl (C=O) groups is 2. The van der Waals surface area contributed by atoms with E-state index in [1.165, 1.54) is 36.4 Å². The molecule has 0 spiro atoms. The number of pyridine rings is 1. The molecule has 31 heavy (non-hydrogen) atoms. The normalized spacial score (nSPS) is 12.1. The topological polar surface area (TPSA) is 105 Å². The smallest absolute Gasteiger partial charge is 0.261 e. The third-order valence-electron chi connectivity index (χ3n) is 4.29. The molecule has 0 bridgehead atoms. The first-order chi connectivity index (χ1) is 14.7. The number of hydrogen-bond acceptors (Lipinski definition) is 5. The molecule has 0 saturated heterocycles. The van der Waals surface area contributed by atoms with Crippen molar-refractivity contribution in [3.8, 4) is 0 Å². The van der Waals surface area contributed by atoms with Crippen molar-refractivity contribution in [3.63, 3.8) is 0 Å². The molecule has 2 amide bonds. The molecule has 3 aromatic rings. The molecule has 3 rings (SSSR count). The molecule has 10 heteroatoms. The first-order valence-electron chi connectivity index (χ1n) is 9.03. The van der Waals surface area contributed by atoms with E-state index >= 15 is 0 Å². The first kappa shape index (κ1) is 22.4. The summed E-state index contributed by atoms with van der Waals surface area (Å²) in [5, 5.41) is 5.27. The van der Waals surface area contributed by atoms with Crippen LogP contribution in [0.2, 0.25) is 0 Å². The van der Waals surface area contributed by atoms with Crippen molar-refractivity contribution in [2.45, 2.75) is 17.4 Å². The Labute approximate surface area is 182 Å². The highest BCUT2D eigenvalue weighted by atomic mass is 35.7. The summed E-state index contributed by atoms with van der Waals surface area (Å²) in [7, 11) is 1.40. The first-order valence-corrected chi connectivity index (χ1v) is 11.3. The molecule has 2 N–H and O–H groups in total. The standard InChI is InChI=1S/C21H17ClFN3O4S/c22-31(29,30)18-9-7-17(8-10-18)25-21(28)19(12-14-2-1-11-24-13-14)26-20(27)15-3-5-16(23)6-4-15/h1-11,13,19H,12H2,(H,25,28)(H,26,27)/t19-/m0/s1. The van der Waals surface area contributed by atoms with Crippen molar-refractivity contribution in [2.24, 2.45) is 0 Å². The molecule has 0 saturated carbocycles. The molecule has 0 aliphatic rings. The van der Waals surface area contributed by atoms with Gasteiger partial charge in [-0.3, -0.25) is 14.6 Å². The maximum Gasteiger partial charge on any atom is 0.261 e. The molecule has 1 heterocycles. The number of anilines is 1. The quantitative estimate of drug-likeness (QED) is 0.526. The average molecular weight is 462 g/mol. The minimum absolute atomic E-state index is 0.108. The fourth-order valence-corrected chi connectivity index (χ4v) is 3.51. The molecular weight excluding hydrogens is 445 g/mol. The third kappa shape index (κ3) is 6.34. The zero-order valence-corrected chi connectivity index (χ0v) is 17.5. The number of nitrogens with one attached hydrogen (secondary N) is 2. The van der Waals surface area contributed by atoms with Crippen LogP contribution in [-0.2, 0) is 20.3 Å². The van der Waals surface area contributed by atoms with E-state index in [0.29, 0.717) is 11.3 Å². The lowest BCUT2D eigenvalue weighted by molar-refractivity contribution is -0.118. The van der Waals surface area contributed by atoms with E-state index in [9.17, 15) is 22.4 Å². The number of aromatic nitrogens is 1. The van der Waals surface area contributed by atoms with Crippen LogP contribution in [0.1, 0.15) is 15.9 Å². The molecule has 0 unspecified atom stereocenters. The van der Waals surface area contributed by atoms with Gasteiger partial charge in [0, 0.05) is 40.7 Å². The molecular formula is C21H17ClFN3O4S. The fraction of sp³-hybridized carbons (Fsp3) is 0.0952. The van der Waals surface area contributed by atoms with E-state index in [2.05, 4.69) is 15.6 Å². The molecule has 2 aromatic carbocycles. The summed E-state index contributed by atoms with van der Waals surface area (Å²) in [6.07, 6.45) is 3.31. The van der Waals surface area contributed by atoms with Crippen LogP contribution in [0.25, 0.3) is 0 Å². The van der Waals surface area contributed by atoms with E-state index in [-0.39, 0.29) is 16.9 Å². The number of hydrogen-bond donors (Lipinski definition) is 2. The maximum absolute atomic E-state index is 13.1. The maximum atomic E-state index is 13.1. The van der Waals surface area contributed by atoms with Crippen molar-refractivity contribution < 1.29 is 22.4 Å². The SMILES string of the molecule is O=C(N[C@@H](Cc1cccnc1)C(=O)Nc1ccc(S(=O)(=O)Cl)cc1)c1ccc(F)cc1. The predicted octanol–water partition coefficient (Wildman–Crippen LogP) is 3.13. The number of nitrogens with zero attached hydrogens (tertiary/aromatic N) is 1. The number of carbonyl (C=O) groups excluding carboxylic acids is 2. The van der Waals surface area contributed by atoms with Gasteiger partial charge >= 0.3 is 0 Å². The Bertz CT molecular complexity index is 1170. The van der Waals surface area contributed by atoms with Crippen LogP contribution in [0.15, 0.2) is 78.0 Å². The summed E-state index contributed by atoms with van der Waals surface area (Å²) in [5.74, 6) is -1.56.